The van der Waals surface area contributed by atoms with Gasteiger partial charge in [0.15, 0.2) is 0 Å². The summed E-state index contributed by atoms with van der Waals surface area (Å²) in [5.74, 6) is -1.56. The fourth-order valence-electron chi connectivity index (χ4n) is 2.07. The van der Waals surface area contributed by atoms with E-state index in [2.05, 4.69) is 5.32 Å². The average molecular weight is 258 g/mol. The molecule has 3 atom stereocenters. The molecule has 0 aromatic carbocycles. The van der Waals surface area contributed by atoms with Crippen molar-refractivity contribution in [1.82, 2.24) is 10.2 Å². The van der Waals surface area contributed by atoms with Crippen molar-refractivity contribution in [2.45, 2.75) is 45.2 Å². The Balaban J connectivity index is 2.55. The molecule has 0 aromatic rings. The third kappa shape index (κ3) is 3.60. The highest BCUT2D eigenvalue weighted by atomic mass is 16.4. The Hall–Kier alpha value is -1.30. The summed E-state index contributed by atoms with van der Waals surface area (Å²) in [7, 11) is 0. The van der Waals surface area contributed by atoms with Gasteiger partial charge >= 0.3 is 12.0 Å². The number of likely N-dealkylation sites (tertiary alicyclic amines) is 1. The second-order valence-corrected chi connectivity index (χ2v) is 4.89. The van der Waals surface area contributed by atoms with Crippen LogP contribution in [0.2, 0.25) is 0 Å². The van der Waals surface area contributed by atoms with E-state index in [0.29, 0.717) is 6.54 Å². The second kappa shape index (κ2) is 6.58. The van der Waals surface area contributed by atoms with Gasteiger partial charge in [-0.25, -0.2) is 4.79 Å². The van der Waals surface area contributed by atoms with Crippen molar-refractivity contribution in [1.29, 1.82) is 0 Å². The number of nitrogens with one attached hydrogen (secondary N) is 1. The van der Waals surface area contributed by atoms with Gasteiger partial charge in [-0.05, 0) is 33.1 Å². The highest BCUT2D eigenvalue weighted by Gasteiger charge is 2.28. The van der Waals surface area contributed by atoms with Gasteiger partial charge in [0.25, 0.3) is 0 Å². The van der Waals surface area contributed by atoms with Crippen LogP contribution in [0.25, 0.3) is 0 Å². The molecule has 1 heterocycles. The Morgan fingerprint density at radius 1 is 1.39 bits per heavy atom. The first-order valence-corrected chi connectivity index (χ1v) is 6.38. The van der Waals surface area contributed by atoms with E-state index >= 15 is 0 Å². The molecule has 1 aliphatic heterocycles. The second-order valence-electron chi connectivity index (χ2n) is 4.89. The number of carboxylic acid groups (broad SMARTS) is 1. The number of nitrogens with zero attached hydrogens (tertiary/aromatic N) is 1. The molecule has 2 amide bonds. The van der Waals surface area contributed by atoms with Gasteiger partial charge in [-0.15, -0.1) is 0 Å². The van der Waals surface area contributed by atoms with Crippen molar-refractivity contribution in [2.24, 2.45) is 5.92 Å². The lowest BCUT2D eigenvalue weighted by Gasteiger charge is -2.35. The van der Waals surface area contributed by atoms with Crippen LogP contribution >= 0.6 is 0 Å². The first-order chi connectivity index (χ1) is 8.47. The number of aliphatic hydroxyl groups excluding tert-OH is 1. The quantitative estimate of drug-likeness (QED) is 0.690. The van der Waals surface area contributed by atoms with E-state index in [1.807, 2.05) is 0 Å². The van der Waals surface area contributed by atoms with E-state index in [4.69, 9.17) is 5.11 Å². The Morgan fingerprint density at radius 3 is 2.61 bits per heavy atom. The smallest absolute Gasteiger partial charge is 0.317 e. The zero-order valence-corrected chi connectivity index (χ0v) is 10.9. The molecule has 1 saturated heterocycles. The molecular weight excluding hydrogens is 236 g/mol. The van der Waals surface area contributed by atoms with Crippen molar-refractivity contribution >= 4 is 12.0 Å². The van der Waals surface area contributed by atoms with Gasteiger partial charge in [0, 0.05) is 12.6 Å². The Bertz CT molecular complexity index is 308. The summed E-state index contributed by atoms with van der Waals surface area (Å²) >= 11 is 0. The molecule has 0 bridgehead atoms. The highest BCUT2D eigenvalue weighted by molar-refractivity contribution is 5.77. The maximum absolute atomic E-state index is 12.0. The molecule has 1 rings (SSSR count). The Labute approximate surface area is 107 Å². The van der Waals surface area contributed by atoms with E-state index in [1.54, 1.807) is 18.7 Å². The van der Waals surface area contributed by atoms with Crippen molar-refractivity contribution in [3.63, 3.8) is 0 Å². The third-order valence-electron chi connectivity index (χ3n) is 3.59. The van der Waals surface area contributed by atoms with E-state index in [0.717, 1.165) is 19.3 Å². The van der Waals surface area contributed by atoms with Crippen LogP contribution in [-0.4, -0.2) is 52.3 Å². The molecular formula is C12H22N2O4. The number of piperidine rings is 1. The summed E-state index contributed by atoms with van der Waals surface area (Å²) < 4.78 is 0. The SMILES string of the molecule is CC(NC(=O)N1CCCCC1CO)C(C)C(=O)O. The lowest BCUT2D eigenvalue weighted by molar-refractivity contribution is -0.141. The molecule has 3 N–H and O–H groups in total. The number of carbonyl (C=O) groups excluding carboxylic acids is 1. The van der Waals surface area contributed by atoms with Gasteiger partial charge in [0.2, 0.25) is 0 Å². The van der Waals surface area contributed by atoms with Gasteiger partial charge in [0.1, 0.15) is 0 Å². The van der Waals surface area contributed by atoms with Crippen LogP contribution in [0.15, 0.2) is 0 Å². The molecule has 1 fully saturated rings. The predicted octanol–water partition coefficient (Wildman–Crippen LogP) is 0.652. The van der Waals surface area contributed by atoms with Gasteiger partial charge < -0.3 is 20.4 Å². The first-order valence-electron chi connectivity index (χ1n) is 6.38. The van der Waals surface area contributed by atoms with Crippen LogP contribution < -0.4 is 5.32 Å². The third-order valence-corrected chi connectivity index (χ3v) is 3.59. The van der Waals surface area contributed by atoms with Crippen LogP contribution in [0, 0.1) is 5.92 Å². The number of amides is 2. The van der Waals surface area contributed by atoms with Crippen LogP contribution in [0.1, 0.15) is 33.1 Å². The van der Waals surface area contributed by atoms with Crippen molar-refractivity contribution in [3.8, 4) is 0 Å². The van der Waals surface area contributed by atoms with Crippen molar-refractivity contribution in [3.05, 3.63) is 0 Å². The monoisotopic (exact) mass is 258 g/mol. The molecule has 0 aromatic heterocycles. The summed E-state index contributed by atoms with van der Waals surface area (Å²) in [5.41, 5.74) is 0. The van der Waals surface area contributed by atoms with Crippen LogP contribution in [0.4, 0.5) is 4.79 Å². The highest BCUT2D eigenvalue weighted by Crippen LogP contribution is 2.17. The van der Waals surface area contributed by atoms with Crippen LogP contribution in [0.3, 0.4) is 0 Å². The van der Waals surface area contributed by atoms with Crippen LogP contribution in [-0.2, 0) is 4.79 Å². The molecule has 6 nitrogen and oxygen atoms in total. The molecule has 104 valence electrons. The number of rotatable bonds is 4. The van der Waals surface area contributed by atoms with E-state index in [-0.39, 0.29) is 18.7 Å². The van der Waals surface area contributed by atoms with E-state index < -0.39 is 17.9 Å². The van der Waals surface area contributed by atoms with Gasteiger partial charge in [-0.1, -0.05) is 0 Å². The molecule has 0 spiro atoms. The zero-order valence-electron chi connectivity index (χ0n) is 10.9. The summed E-state index contributed by atoms with van der Waals surface area (Å²) in [6.45, 7) is 3.81. The summed E-state index contributed by atoms with van der Waals surface area (Å²) in [4.78, 5) is 24.4. The maximum Gasteiger partial charge on any atom is 0.317 e. The summed E-state index contributed by atoms with van der Waals surface area (Å²) in [6.07, 6.45) is 2.73. The number of carboxylic acids is 1. The molecule has 18 heavy (non-hydrogen) atoms. The number of urea groups is 1. The average Bonchev–Trinajstić information content (AvgIpc) is 2.37. The fraction of sp³-hybridized carbons (Fsp3) is 0.833. The largest absolute Gasteiger partial charge is 0.481 e. The van der Waals surface area contributed by atoms with Crippen molar-refractivity contribution < 1.29 is 19.8 Å². The maximum atomic E-state index is 12.0. The molecule has 0 aliphatic carbocycles. The normalized spacial score (nSPS) is 23.3. The number of aliphatic hydroxyl groups is 1. The van der Waals surface area contributed by atoms with E-state index in [1.165, 1.54) is 0 Å². The Kier molecular flexibility index (Phi) is 5.40. The topological polar surface area (TPSA) is 89.9 Å². The minimum absolute atomic E-state index is 0.0454. The Morgan fingerprint density at radius 2 is 2.06 bits per heavy atom. The van der Waals surface area contributed by atoms with Gasteiger partial charge in [-0.2, -0.15) is 0 Å². The predicted molar refractivity (Wildman–Crippen MR) is 66.2 cm³/mol. The zero-order chi connectivity index (χ0) is 13.7. The number of aliphatic carboxylic acids is 1. The fourth-order valence-corrected chi connectivity index (χ4v) is 2.07. The molecule has 0 radical (unpaired) electrons. The first kappa shape index (κ1) is 14.8. The molecule has 3 unspecified atom stereocenters. The molecule has 0 saturated carbocycles. The van der Waals surface area contributed by atoms with E-state index in [9.17, 15) is 14.7 Å². The molecule has 6 heteroatoms. The number of hydrogen-bond acceptors (Lipinski definition) is 3. The summed E-state index contributed by atoms with van der Waals surface area (Å²) in [5, 5.41) is 20.8. The van der Waals surface area contributed by atoms with Gasteiger partial charge in [-0.3, -0.25) is 4.79 Å². The standard InChI is InChI=1S/C12H22N2O4/c1-8(11(16)17)9(2)13-12(18)14-6-4-3-5-10(14)7-15/h8-10,15H,3-7H2,1-2H3,(H,13,18)(H,16,17). The minimum Gasteiger partial charge on any atom is -0.481 e. The summed E-state index contributed by atoms with van der Waals surface area (Å²) in [6, 6.07) is -0.864. The minimum atomic E-state index is -0.930. The lowest BCUT2D eigenvalue weighted by atomic mass is 10.0. The number of carbonyl (C=O) groups is 2. The van der Waals surface area contributed by atoms with Crippen LogP contribution in [0.5, 0.6) is 0 Å². The van der Waals surface area contributed by atoms with Gasteiger partial charge in [0.05, 0.1) is 18.6 Å². The van der Waals surface area contributed by atoms with Crippen molar-refractivity contribution in [2.75, 3.05) is 13.2 Å². The number of hydrogen-bond donors (Lipinski definition) is 3. The molecule has 1 aliphatic rings. The lowest BCUT2D eigenvalue weighted by Crippen LogP contribution is -2.53.